The number of ether oxygens (including phenoxy) is 3. The Morgan fingerprint density at radius 2 is 2.00 bits per heavy atom. The Kier molecular flexibility index (Phi) is 7.41. The number of hydrogen-bond acceptors (Lipinski definition) is 6. The summed E-state index contributed by atoms with van der Waals surface area (Å²) in [5.74, 6) is -3.01. The highest BCUT2D eigenvalue weighted by molar-refractivity contribution is 5.99. The second-order valence-electron chi connectivity index (χ2n) is 8.82. The van der Waals surface area contributed by atoms with Crippen molar-refractivity contribution in [3.63, 3.8) is 0 Å². The molecule has 1 unspecified atom stereocenters. The van der Waals surface area contributed by atoms with Gasteiger partial charge < -0.3 is 29.0 Å². The Balaban J connectivity index is 1.79. The molecule has 0 radical (unpaired) electrons. The number of methoxy groups -OCH3 is 1. The number of rotatable bonds is 9. The van der Waals surface area contributed by atoms with Gasteiger partial charge in [0.15, 0.2) is 17.7 Å². The van der Waals surface area contributed by atoms with Gasteiger partial charge in [-0.2, -0.15) is 0 Å². The van der Waals surface area contributed by atoms with Crippen molar-refractivity contribution in [2.75, 3.05) is 33.5 Å². The largest absolute Gasteiger partial charge is 0.487 e. The molecule has 2 amide bonds. The van der Waals surface area contributed by atoms with Gasteiger partial charge >= 0.3 is 0 Å². The number of halogens is 2. The molecule has 11 heteroatoms. The van der Waals surface area contributed by atoms with Crippen LogP contribution in [-0.2, 0) is 21.6 Å². The number of nitrogens with one attached hydrogen (secondary N) is 1. The molecule has 2 aliphatic heterocycles. The van der Waals surface area contributed by atoms with Crippen LogP contribution in [-0.4, -0.2) is 61.0 Å². The molecule has 0 saturated carbocycles. The molecule has 1 aromatic carbocycles. The third kappa shape index (κ3) is 4.26. The minimum absolute atomic E-state index is 0.0377. The van der Waals surface area contributed by atoms with Gasteiger partial charge in [-0.05, 0) is 19.4 Å². The summed E-state index contributed by atoms with van der Waals surface area (Å²) >= 11 is 0. The maximum atomic E-state index is 14.0. The Morgan fingerprint density at radius 3 is 2.58 bits per heavy atom. The van der Waals surface area contributed by atoms with Gasteiger partial charge in [-0.3, -0.25) is 14.4 Å². The van der Waals surface area contributed by atoms with E-state index in [-0.39, 0.29) is 48.9 Å². The van der Waals surface area contributed by atoms with Gasteiger partial charge in [-0.15, -0.1) is 0 Å². The van der Waals surface area contributed by atoms with Crippen molar-refractivity contribution in [1.82, 2.24) is 14.8 Å². The SMILES string of the molecule is CCCCOc1c2n(cc(C(=O)NCc3ccc(F)cc3F)c1=O)C1(COC1)C(OC)N(CC)C2=O. The molecule has 3 heterocycles. The van der Waals surface area contributed by atoms with E-state index in [2.05, 4.69) is 5.32 Å². The number of pyridine rings is 1. The number of unbranched alkanes of at least 4 members (excludes halogenated alkanes) is 1. The fraction of sp³-hybridized carbons (Fsp3) is 0.480. The van der Waals surface area contributed by atoms with Gasteiger partial charge in [0.1, 0.15) is 22.7 Å². The summed E-state index contributed by atoms with van der Waals surface area (Å²) < 4.78 is 45.8. The van der Waals surface area contributed by atoms with E-state index in [0.717, 1.165) is 12.5 Å². The van der Waals surface area contributed by atoms with Crippen LogP contribution < -0.4 is 15.5 Å². The molecule has 194 valence electrons. The fourth-order valence-corrected chi connectivity index (χ4v) is 4.59. The van der Waals surface area contributed by atoms with Crippen molar-refractivity contribution in [2.45, 2.75) is 45.0 Å². The molecular formula is C25H29F2N3O6. The van der Waals surface area contributed by atoms with Crippen LogP contribution >= 0.6 is 0 Å². The molecule has 36 heavy (non-hydrogen) atoms. The number of likely N-dealkylation sites (N-methyl/N-ethyl adjacent to an activating group) is 1. The molecule has 9 nitrogen and oxygen atoms in total. The molecule has 0 bridgehead atoms. The van der Waals surface area contributed by atoms with Crippen LogP contribution in [0.2, 0.25) is 0 Å². The average molecular weight is 506 g/mol. The van der Waals surface area contributed by atoms with E-state index in [0.29, 0.717) is 19.0 Å². The predicted octanol–water partition coefficient (Wildman–Crippen LogP) is 2.41. The summed E-state index contributed by atoms with van der Waals surface area (Å²) in [6, 6.07) is 3.01. The molecule has 1 aromatic heterocycles. The first-order valence-corrected chi connectivity index (χ1v) is 11.9. The van der Waals surface area contributed by atoms with Crippen molar-refractivity contribution in [1.29, 1.82) is 0 Å². The van der Waals surface area contributed by atoms with Crippen LogP contribution in [0.1, 0.15) is 53.1 Å². The number of carbonyl (C=O) groups is 2. The van der Waals surface area contributed by atoms with Gasteiger partial charge in [0.25, 0.3) is 11.8 Å². The summed E-state index contributed by atoms with van der Waals surface area (Å²) in [5, 5.41) is 2.51. The Hall–Kier alpha value is -3.31. The molecule has 1 N–H and O–H groups in total. The van der Waals surface area contributed by atoms with Crippen molar-refractivity contribution >= 4 is 11.8 Å². The Morgan fingerprint density at radius 1 is 1.25 bits per heavy atom. The van der Waals surface area contributed by atoms with E-state index in [1.54, 1.807) is 11.5 Å². The number of benzene rings is 1. The van der Waals surface area contributed by atoms with Crippen LogP contribution in [0.15, 0.2) is 29.2 Å². The van der Waals surface area contributed by atoms with E-state index in [1.807, 2.05) is 6.92 Å². The zero-order valence-electron chi connectivity index (χ0n) is 20.4. The third-order valence-corrected chi connectivity index (χ3v) is 6.56. The van der Waals surface area contributed by atoms with Crippen molar-refractivity contribution in [3.05, 3.63) is 63.1 Å². The van der Waals surface area contributed by atoms with E-state index in [9.17, 15) is 23.2 Å². The molecule has 1 spiro atoms. The number of amides is 2. The third-order valence-electron chi connectivity index (χ3n) is 6.56. The zero-order chi connectivity index (χ0) is 26.0. The number of hydrogen-bond donors (Lipinski definition) is 1. The fourth-order valence-electron chi connectivity index (χ4n) is 4.59. The number of fused-ring (bicyclic) bond motifs is 2. The first kappa shape index (κ1) is 25.8. The highest BCUT2D eigenvalue weighted by atomic mass is 19.1. The standard InChI is InChI=1S/C25H29F2N3O6/c1-4-6-9-36-21-19-23(33)29(5-2)24(34-3)25(13-35-14-25)30(19)12-17(20(21)31)22(32)28-11-15-7-8-16(26)10-18(15)27/h7-8,10,12,24H,4-6,9,11,13-14H2,1-3H3,(H,28,32). The molecule has 1 fully saturated rings. The molecule has 1 saturated heterocycles. The molecule has 2 aliphatic rings. The smallest absolute Gasteiger partial charge is 0.276 e. The lowest BCUT2D eigenvalue weighted by Gasteiger charge is -2.54. The lowest BCUT2D eigenvalue weighted by Crippen LogP contribution is -2.70. The van der Waals surface area contributed by atoms with Crippen LogP contribution in [0.5, 0.6) is 5.75 Å². The summed E-state index contributed by atoms with van der Waals surface area (Å²) in [6.45, 7) is 4.39. The second-order valence-corrected chi connectivity index (χ2v) is 8.82. The monoisotopic (exact) mass is 505 g/mol. The lowest BCUT2D eigenvalue weighted by atomic mass is 9.89. The quantitative estimate of drug-likeness (QED) is 0.526. The van der Waals surface area contributed by atoms with Crippen LogP contribution in [0.3, 0.4) is 0 Å². The number of aromatic nitrogens is 1. The molecule has 0 aliphatic carbocycles. The van der Waals surface area contributed by atoms with E-state index >= 15 is 0 Å². The van der Waals surface area contributed by atoms with E-state index in [4.69, 9.17) is 14.2 Å². The van der Waals surface area contributed by atoms with Gasteiger partial charge in [0.2, 0.25) is 5.43 Å². The van der Waals surface area contributed by atoms with Crippen molar-refractivity contribution in [2.24, 2.45) is 0 Å². The molecule has 2 aromatic rings. The highest BCUT2D eigenvalue weighted by Crippen LogP contribution is 2.41. The minimum Gasteiger partial charge on any atom is -0.487 e. The van der Waals surface area contributed by atoms with Crippen LogP contribution in [0.4, 0.5) is 8.78 Å². The normalized spacial score (nSPS) is 18.1. The van der Waals surface area contributed by atoms with Crippen molar-refractivity contribution < 1.29 is 32.6 Å². The molecule has 1 atom stereocenters. The topological polar surface area (TPSA) is 99.1 Å². The van der Waals surface area contributed by atoms with E-state index < -0.39 is 40.6 Å². The predicted molar refractivity (Wildman–Crippen MR) is 125 cm³/mol. The van der Waals surface area contributed by atoms with Gasteiger partial charge in [0, 0.05) is 38.0 Å². The lowest BCUT2D eigenvalue weighted by molar-refractivity contribution is -0.210. The minimum atomic E-state index is -0.858. The average Bonchev–Trinajstić information content (AvgIpc) is 2.83. The number of carbonyl (C=O) groups excluding carboxylic acids is 2. The maximum absolute atomic E-state index is 14.0. The Labute approximate surface area is 206 Å². The highest BCUT2D eigenvalue weighted by Gasteiger charge is 2.57. The molecular weight excluding hydrogens is 476 g/mol. The van der Waals surface area contributed by atoms with Crippen LogP contribution in [0, 0.1) is 11.6 Å². The van der Waals surface area contributed by atoms with Crippen LogP contribution in [0.25, 0.3) is 0 Å². The Bertz CT molecular complexity index is 1230. The first-order valence-electron chi connectivity index (χ1n) is 11.9. The van der Waals surface area contributed by atoms with Gasteiger partial charge in [-0.1, -0.05) is 19.4 Å². The maximum Gasteiger partial charge on any atom is 0.276 e. The zero-order valence-corrected chi connectivity index (χ0v) is 20.4. The second kappa shape index (κ2) is 10.4. The van der Waals surface area contributed by atoms with E-state index in [1.165, 1.54) is 24.3 Å². The van der Waals surface area contributed by atoms with Crippen molar-refractivity contribution in [3.8, 4) is 5.75 Å². The van der Waals surface area contributed by atoms with Gasteiger partial charge in [0.05, 0.1) is 19.8 Å². The first-order chi connectivity index (χ1) is 17.3. The molecule has 4 rings (SSSR count). The van der Waals surface area contributed by atoms with Gasteiger partial charge in [-0.25, -0.2) is 8.78 Å². The number of nitrogens with zero attached hydrogens (tertiary/aromatic N) is 2. The summed E-state index contributed by atoms with van der Waals surface area (Å²) in [7, 11) is 1.48. The summed E-state index contributed by atoms with van der Waals surface area (Å²) in [6.07, 6.45) is 2.07. The summed E-state index contributed by atoms with van der Waals surface area (Å²) in [5.41, 5.74) is -1.78. The summed E-state index contributed by atoms with van der Waals surface area (Å²) in [4.78, 5) is 41.6.